The maximum atomic E-state index is 11.5. The Kier molecular flexibility index (Phi) is 3.82. The highest BCUT2D eigenvalue weighted by Gasteiger charge is 2.34. The molecule has 84 valence electrons. The van der Waals surface area contributed by atoms with Crippen LogP contribution < -0.4 is 5.32 Å². The summed E-state index contributed by atoms with van der Waals surface area (Å²) in [6.45, 7) is 4.78. The summed E-state index contributed by atoms with van der Waals surface area (Å²) in [7, 11) is 0. The van der Waals surface area contributed by atoms with Crippen LogP contribution in [0.2, 0.25) is 0 Å². The number of nitrogens with zero attached hydrogens (tertiary/aromatic N) is 1. The Labute approximate surface area is 88.8 Å². The largest absolute Gasteiger partial charge is 0.346 e. The van der Waals surface area contributed by atoms with E-state index in [9.17, 15) is 14.4 Å². The van der Waals surface area contributed by atoms with Crippen LogP contribution in [0.5, 0.6) is 0 Å². The zero-order valence-corrected chi connectivity index (χ0v) is 9.03. The van der Waals surface area contributed by atoms with Gasteiger partial charge in [-0.1, -0.05) is 13.8 Å². The number of nitrogens with one attached hydrogen (secondary N) is 1. The monoisotopic (exact) mass is 212 g/mol. The van der Waals surface area contributed by atoms with Crippen LogP contribution in [0.3, 0.4) is 0 Å². The molecular formula is C10H16N2O3. The van der Waals surface area contributed by atoms with Crippen LogP contribution in [0, 0.1) is 5.92 Å². The second-order valence-corrected chi connectivity index (χ2v) is 3.98. The van der Waals surface area contributed by atoms with Crippen molar-refractivity contribution in [3.05, 3.63) is 0 Å². The highest BCUT2D eigenvalue weighted by Crippen LogP contribution is 2.14. The molecule has 5 nitrogen and oxygen atoms in total. The smallest absolute Gasteiger partial charge is 0.312 e. The predicted octanol–water partition coefficient (Wildman–Crippen LogP) is -0.442. The van der Waals surface area contributed by atoms with E-state index in [-0.39, 0.29) is 18.4 Å². The molecule has 1 aliphatic rings. The molecule has 1 aliphatic heterocycles. The lowest BCUT2D eigenvalue weighted by atomic mass is 10.00. The first-order valence-corrected chi connectivity index (χ1v) is 5.10. The molecule has 0 aliphatic carbocycles. The van der Waals surface area contributed by atoms with E-state index >= 15 is 0 Å². The molecular weight excluding hydrogens is 196 g/mol. The van der Waals surface area contributed by atoms with Gasteiger partial charge in [0.25, 0.3) is 0 Å². The van der Waals surface area contributed by atoms with E-state index in [1.165, 1.54) is 4.90 Å². The topological polar surface area (TPSA) is 66.5 Å². The lowest BCUT2D eigenvalue weighted by Gasteiger charge is -2.37. The molecule has 1 rings (SSSR count). The number of carbonyl (C=O) groups excluding carboxylic acids is 3. The van der Waals surface area contributed by atoms with Gasteiger partial charge in [0.15, 0.2) is 0 Å². The zero-order valence-electron chi connectivity index (χ0n) is 9.03. The third-order valence-corrected chi connectivity index (χ3v) is 2.58. The molecule has 0 aromatic heterocycles. The molecule has 1 atom stereocenters. The fraction of sp³-hybridized carbons (Fsp3) is 0.700. The van der Waals surface area contributed by atoms with Crippen molar-refractivity contribution in [2.45, 2.75) is 26.3 Å². The fourth-order valence-electron chi connectivity index (χ4n) is 1.72. The third-order valence-electron chi connectivity index (χ3n) is 2.58. The van der Waals surface area contributed by atoms with Crippen LogP contribution in [0.15, 0.2) is 0 Å². The van der Waals surface area contributed by atoms with Gasteiger partial charge >= 0.3 is 11.8 Å². The molecule has 1 heterocycles. The Morgan fingerprint density at radius 3 is 2.73 bits per heavy atom. The maximum absolute atomic E-state index is 11.5. The summed E-state index contributed by atoms with van der Waals surface area (Å²) in [4.78, 5) is 34.5. The first kappa shape index (κ1) is 11.7. The van der Waals surface area contributed by atoms with Crippen molar-refractivity contribution in [3.63, 3.8) is 0 Å². The Morgan fingerprint density at radius 2 is 2.20 bits per heavy atom. The molecule has 0 saturated carbocycles. The molecule has 0 spiro atoms. The lowest BCUT2D eigenvalue weighted by Crippen LogP contribution is -2.59. The van der Waals surface area contributed by atoms with E-state index in [0.29, 0.717) is 13.1 Å². The van der Waals surface area contributed by atoms with Gasteiger partial charge in [-0.15, -0.1) is 0 Å². The highest BCUT2D eigenvalue weighted by atomic mass is 16.2. The second kappa shape index (κ2) is 4.91. The molecule has 0 radical (unpaired) electrons. The van der Waals surface area contributed by atoms with Gasteiger partial charge in [0.05, 0.1) is 6.04 Å². The average molecular weight is 212 g/mol. The minimum atomic E-state index is -0.571. The van der Waals surface area contributed by atoms with Crippen molar-refractivity contribution in [1.29, 1.82) is 0 Å². The van der Waals surface area contributed by atoms with Crippen LogP contribution in [-0.4, -0.2) is 42.1 Å². The number of carbonyl (C=O) groups is 3. The summed E-state index contributed by atoms with van der Waals surface area (Å²) >= 11 is 0. The van der Waals surface area contributed by atoms with Crippen LogP contribution in [0.4, 0.5) is 0 Å². The van der Waals surface area contributed by atoms with Gasteiger partial charge in [-0.3, -0.25) is 9.59 Å². The van der Waals surface area contributed by atoms with E-state index in [1.807, 2.05) is 13.8 Å². The van der Waals surface area contributed by atoms with Crippen LogP contribution >= 0.6 is 0 Å². The van der Waals surface area contributed by atoms with Gasteiger partial charge < -0.3 is 15.0 Å². The van der Waals surface area contributed by atoms with Gasteiger partial charge in [0.1, 0.15) is 6.29 Å². The van der Waals surface area contributed by atoms with Crippen molar-refractivity contribution in [2.24, 2.45) is 5.92 Å². The number of piperazine rings is 1. The Bertz CT molecular complexity index is 276. The zero-order chi connectivity index (χ0) is 11.4. The van der Waals surface area contributed by atoms with E-state index in [0.717, 1.165) is 6.29 Å². The quantitative estimate of drug-likeness (QED) is 0.507. The Morgan fingerprint density at radius 1 is 1.53 bits per heavy atom. The van der Waals surface area contributed by atoms with Crippen molar-refractivity contribution in [1.82, 2.24) is 10.2 Å². The van der Waals surface area contributed by atoms with Gasteiger partial charge in [-0.25, -0.2) is 0 Å². The third kappa shape index (κ3) is 2.55. The number of hydrogen-bond acceptors (Lipinski definition) is 3. The van der Waals surface area contributed by atoms with Crippen molar-refractivity contribution in [2.75, 3.05) is 13.1 Å². The number of amides is 2. The molecule has 1 N–H and O–H groups in total. The van der Waals surface area contributed by atoms with Gasteiger partial charge in [-0.2, -0.15) is 0 Å². The summed E-state index contributed by atoms with van der Waals surface area (Å²) in [5, 5.41) is 2.55. The summed E-state index contributed by atoms with van der Waals surface area (Å²) in [6.07, 6.45) is 1.04. The highest BCUT2D eigenvalue weighted by molar-refractivity contribution is 6.35. The summed E-state index contributed by atoms with van der Waals surface area (Å²) in [5.74, 6) is -0.833. The van der Waals surface area contributed by atoms with E-state index < -0.39 is 11.8 Å². The molecule has 0 aromatic rings. The molecule has 0 bridgehead atoms. The second-order valence-electron chi connectivity index (χ2n) is 3.98. The van der Waals surface area contributed by atoms with Crippen LogP contribution in [0.25, 0.3) is 0 Å². The van der Waals surface area contributed by atoms with Crippen LogP contribution in [-0.2, 0) is 14.4 Å². The van der Waals surface area contributed by atoms with Gasteiger partial charge in [0.2, 0.25) is 0 Å². The van der Waals surface area contributed by atoms with E-state index in [2.05, 4.69) is 5.32 Å². The van der Waals surface area contributed by atoms with Crippen molar-refractivity contribution < 1.29 is 14.4 Å². The number of hydrogen-bond donors (Lipinski definition) is 1. The average Bonchev–Trinajstić information content (AvgIpc) is 2.19. The van der Waals surface area contributed by atoms with Gasteiger partial charge in [-0.05, 0) is 5.92 Å². The molecule has 1 fully saturated rings. The van der Waals surface area contributed by atoms with Crippen LogP contribution in [0.1, 0.15) is 20.3 Å². The maximum Gasteiger partial charge on any atom is 0.312 e. The molecule has 15 heavy (non-hydrogen) atoms. The minimum Gasteiger partial charge on any atom is -0.346 e. The summed E-state index contributed by atoms with van der Waals surface area (Å²) in [5.41, 5.74) is 0. The fourth-order valence-corrected chi connectivity index (χ4v) is 1.72. The Balaban J connectivity index is 2.74. The van der Waals surface area contributed by atoms with Crippen molar-refractivity contribution >= 4 is 18.1 Å². The first-order chi connectivity index (χ1) is 7.07. The molecule has 0 aromatic carbocycles. The standard InChI is InChI=1S/C10H16N2O3/c1-7(2)8-6-11-9(14)10(15)12(8)4-3-5-13/h5,7-8H,3-4,6H2,1-2H3,(H,11,14). The molecule has 1 unspecified atom stereocenters. The lowest BCUT2D eigenvalue weighted by molar-refractivity contribution is -0.151. The van der Waals surface area contributed by atoms with Crippen molar-refractivity contribution in [3.8, 4) is 0 Å². The van der Waals surface area contributed by atoms with E-state index in [4.69, 9.17) is 0 Å². The number of aldehydes is 1. The summed E-state index contributed by atoms with van der Waals surface area (Å²) in [6, 6.07) is -0.00449. The molecule has 2 amide bonds. The minimum absolute atomic E-state index is 0.00449. The Hall–Kier alpha value is -1.39. The molecule has 5 heteroatoms. The van der Waals surface area contributed by atoms with Gasteiger partial charge in [0, 0.05) is 19.5 Å². The number of rotatable bonds is 4. The normalized spacial score (nSPS) is 21.8. The molecule has 1 saturated heterocycles. The SMILES string of the molecule is CC(C)C1CNC(=O)C(=O)N1CCC=O. The van der Waals surface area contributed by atoms with E-state index in [1.54, 1.807) is 0 Å². The first-order valence-electron chi connectivity index (χ1n) is 5.10. The predicted molar refractivity (Wildman–Crippen MR) is 54.0 cm³/mol. The summed E-state index contributed by atoms with van der Waals surface area (Å²) < 4.78 is 0.